The van der Waals surface area contributed by atoms with Crippen LogP contribution < -0.4 is 10.6 Å². The highest BCUT2D eigenvalue weighted by Crippen LogP contribution is 2.31. The summed E-state index contributed by atoms with van der Waals surface area (Å²) < 4.78 is 0. The van der Waals surface area contributed by atoms with Gasteiger partial charge in [0.15, 0.2) is 6.29 Å². The molecule has 18 heavy (non-hydrogen) atoms. The van der Waals surface area contributed by atoms with Gasteiger partial charge in [0, 0.05) is 13.1 Å². The molecule has 2 unspecified atom stereocenters. The molecule has 1 heterocycles. The first-order chi connectivity index (χ1) is 8.65. The molecule has 0 saturated carbocycles. The van der Waals surface area contributed by atoms with Gasteiger partial charge in [0.05, 0.1) is 5.54 Å². The predicted octanol–water partition coefficient (Wildman–Crippen LogP) is 0.455. The Morgan fingerprint density at radius 1 is 1.39 bits per heavy atom. The summed E-state index contributed by atoms with van der Waals surface area (Å²) >= 11 is 0. The molecule has 0 bridgehead atoms. The molecule has 100 valence electrons. The third-order valence-corrected chi connectivity index (χ3v) is 3.96. The lowest BCUT2D eigenvalue weighted by molar-refractivity contribution is -0.156. The summed E-state index contributed by atoms with van der Waals surface area (Å²) in [4.78, 5) is 0. The molecule has 4 N–H and O–H groups in total. The molecule has 0 amide bonds. The van der Waals surface area contributed by atoms with Gasteiger partial charge in [0.1, 0.15) is 0 Å². The molecule has 1 fully saturated rings. The zero-order valence-electron chi connectivity index (χ0n) is 10.8. The van der Waals surface area contributed by atoms with Gasteiger partial charge < -0.3 is 20.8 Å². The van der Waals surface area contributed by atoms with Crippen LogP contribution in [0.15, 0.2) is 30.3 Å². The standard InChI is InChI=1S/C14H22N2O2/c1-11-9-16-14(11,13(17)18)7-8-15-10-12-5-3-2-4-6-12/h2-6,11,13,15-18H,7-10H2,1H3. The minimum absolute atomic E-state index is 0.302. The molecule has 0 aromatic heterocycles. The number of benzene rings is 1. The summed E-state index contributed by atoms with van der Waals surface area (Å²) in [6.45, 7) is 4.49. The Balaban J connectivity index is 1.75. The number of nitrogens with one attached hydrogen (secondary N) is 2. The average molecular weight is 250 g/mol. The molecule has 1 aromatic carbocycles. The molecule has 1 aromatic rings. The van der Waals surface area contributed by atoms with E-state index in [1.165, 1.54) is 5.56 Å². The molecular weight excluding hydrogens is 228 g/mol. The van der Waals surface area contributed by atoms with Crippen molar-refractivity contribution in [2.45, 2.75) is 31.7 Å². The zero-order chi connectivity index (χ0) is 13.0. The van der Waals surface area contributed by atoms with E-state index >= 15 is 0 Å². The second-order valence-electron chi connectivity index (χ2n) is 5.11. The smallest absolute Gasteiger partial charge is 0.170 e. The topological polar surface area (TPSA) is 64.5 Å². The Bertz CT molecular complexity index is 363. The van der Waals surface area contributed by atoms with Crippen molar-refractivity contribution < 1.29 is 10.2 Å². The van der Waals surface area contributed by atoms with E-state index in [2.05, 4.69) is 22.8 Å². The molecule has 4 nitrogen and oxygen atoms in total. The average Bonchev–Trinajstić information content (AvgIpc) is 2.37. The molecule has 1 aliphatic rings. The second kappa shape index (κ2) is 5.80. The van der Waals surface area contributed by atoms with E-state index in [4.69, 9.17) is 0 Å². The Morgan fingerprint density at radius 3 is 2.61 bits per heavy atom. The Labute approximate surface area is 108 Å². The minimum Gasteiger partial charge on any atom is -0.367 e. The predicted molar refractivity (Wildman–Crippen MR) is 70.9 cm³/mol. The van der Waals surface area contributed by atoms with Gasteiger partial charge in [-0.1, -0.05) is 37.3 Å². The van der Waals surface area contributed by atoms with Crippen molar-refractivity contribution in [2.75, 3.05) is 13.1 Å². The van der Waals surface area contributed by atoms with Gasteiger partial charge in [-0.3, -0.25) is 0 Å². The first kappa shape index (κ1) is 13.5. The first-order valence-electron chi connectivity index (χ1n) is 6.51. The van der Waals surface area contributed by atoms with Crippen molar-refractivity contribution >= 4 is 0 Å². The molecule has 0 radical (unpaired) electrons. The van der Waals surface area contributed by atoms with Gasteiger partial charge in [0.25, 0.3) is 0 Å². The number of rotatable bonds is 6. The summed E-state index contributed by atoms with van der Waals surface area (Å²) in [5.41, 5.74) is 0.717. The molecular formula is C14H22N2O2. The van der Waals surface area contributed by atoms with Crippen molar-refractivity contribution in [3.8, 4) is 0 Å². The SMILES string of the molecule is CC1CNC1(CCNCc1ccccc1)C(O)O. The fourth-order valence-corrected chi connectivity index (χ4v) is 2.50. The molecule has 1 aliphatic heterocycles. The van der Waals surface area contributed by atoms with E-state index in [9.17, 15) is 10.2 Å². The number of aliphatic hydroxyl groups excluding tert-OH is 1. The molecule has 2 rings (SSSR count). The fourth-order valence-electron chi connectivity index (χ4n) is 2.50. The number of hydrogen-bond donors (Lipinski definition) is 4. The van der Waals surface area contributed by atoms with Crippen molar-refractivity contribution in [3.63, 3.8) is 0 Å². The maximum atomic E-state index is 9.47. The van der Waals surface area contributed by atoms with Crippen LogP contribution in [0.1, 0.15) is 18.9 Å². The first-order valence-corrected chi connectivity index (χ1v) is 6.51. The summed E-state index contributed by atoms with van der Waals surface area (Å²) in [5.74, 6) is 0.302. The highest BCUT2D eigenvalue weighted by atomic mass is 16.5. The van der Waals surface area contributed by atoms with Crippen LogP contribution in [0.25, 0.3) is 0 Å². The highest BCUT2D eigenvalue weighted by Gasteiger charge is 2.48. The largest absolute Gasteiger partial charge is 0.367 e. The van der Waals surface area contributed by atoms with E-state index in [1.807, 2.05) is 25.1 Å². The Hall–Kier alpha value is -0.940. The van der Waals surface area contributed by atoms with Gasteiger partial charge in [0.2, 0.25) is 0 Å². The number of aliphatic hydroxyl groups is 2. The Morgan fingerprint density at radius 2 is 2.11 bits per heavy atom. The molecule has 1 saturated heterocycles. The lowest BCUT2D eigenvalue weighted by Crippen LogP contribution is -2.70. The third kappa shape index (κ3) is 2.72. The van der Waals surface area contributed by atoms with Crippen LogP contribution in [0.3, 0.4) is 0 Å². The van der Waals surface area contributed by atoms with Crippen LogP contribution in [0, 0.1) is 5.92 Å². The lowest BCUT2D eigenvalue weighted by Gasteiger charge is -2.50. The molecule has 0 spiro atoms. The van der Waals surface area contributed by atoms with E-state index in [1.54, 1.807) is 0 Å². The van der Waals surface area contributed by atoms with Gasteiger partial charge in [-0.15, -0.1) is 0 Å². The maximum absolute atomic E-state index is 9.47. The third-order valence-electron chi connectivity index (χ3n) is 3.96. The minimum atomic E-state index is -1.29. The van der Waals surface area contributed by atoms with Gasteiger partial charge in [-0.05, 0) is 24.4 Å². The van der Waals surface area contributed by atoms with Crippen molar-refractivity contribution in [1.29, 1.82) is 0 Å². The highest BCUT2D eigenvalue weighted by molar-refractivity contribution is 5.14. The van der Waals surface area contributed by atoms with Crippen LogP contribution in [0.2, 0.25) is 0 Å². The van der Waals surface area contributed by atoms with Crippen molar-refractivity contribution in [1.82, 2.24) is 10.6 Å². The van der Waals surface area contributed by atoms with E-state index in [0.717, 1.165) is 26.1 Å². The van der Waals surface area contributed by atoms with Crippen LogP contribution in [-0.2, 0) is 6.54 Å². The summed E-state index contributed by atoms with van der Waals surface area (Å²) in [5, 5.41) is 25.5. The van der Waals surface area contributed by atoms with Crippen LogP contribution in [-0.4, -0.2) is 35.1 Å². The van der Waals surface area contributed by atoms with E-state index in [0.29, 0.717) is 5.92 Å². The normalized spacial score (nSPS) is 27.2. The van der Waals surface area contributed by atoms with Crippen LogP contribution >= 0.6 is 0 Å². The second-order valence-corrected chi connectivity index (χ2v) is 5.11. The molecule has 4 heteroatoms. The monoisotopic (exact) mass is 250 g/mol. The quantitative estimate of drug-likeness (QED) is 0.437. The van der Waals surface area contributed by atoms with Gasteiger partial charge >= 0.3 is 0 Å². The summed E-state index contributed by atoms with van der Waals surface area (Å²) in [6, 6.07) is 10.2. The summed E-state index contributed by atoms with van der Waals surface area (Å²) in [7, 11) is 0. The zero-order valence-corrected chi connectivity index (χ0v) is 10.8. The maximum Gasteiger partial charge on any atom is 0.170 e. The van der Waals surface area contributed by atoms with Crippen molar-refractivity contribution in [2.24, 2.45) is 5.92 Å². The Kier molecular flexibility index (Phi) is 4.35. The van der Waals surface area contributed by atoms with Crippen LogP contribution in [0.5, 0.6) is 0 Å². The van der Waals surface area contributed by atoms with E-state index < -0.39 is 11.8 Å². The summed E-state index contributed by atoms with van der Waals surface area (Å²) in [6.07, 6.45) is -0.571. The molecule has 0 aliphatic carbocycles. The van der Waals surface area contributed by atoms with Gasteiger partial charge in [-0.25, -0.2) is 0 Å². The van der Waals surface area contributed by atoms with E-state index in [-0.39, 0.29) is 0 Å². The fraction of sp³-hybridized carbons (Fsp3) is 0.571. The van der Waals surface area contributed by atoms with Gasteiger partial charge in [-0.2, -0.15) is 0 Å². The lowest BCUT2D eigenvalue weighted by atomic mass is 9.74. The molecule has 2 atom stereocenters. The van der Waals surface area contributed by atoms with Crippen molar-refractivity contribution in [3.05, 3.63) is 35.9 Å². The van der Waals surface area contributed by atoms with Crippen LogP contribution in [0.4, 0.5) is 0 Å². The number of hydrogen-bond acceptors (Lipinski definition) is 4.